The lowest BCUT2D eigenvalue weighted by Crippen LogP contribution is -2.41. The zero-order valence-corrected chi connectivity index (χ0v) is 18.0. The molecule has 0 spiro atoms. The number of aromatic nitrogens is 2. The molecule has 8 nitrogen and oxygen atoms in total. The van der Waals surface area contributed by atoms with Crippen molar-refractivity contribution in [3.63, 3.8) is 0 Å². The van der Waals surface area contributed by atoms with Crippen LogP contribution in [0.25, 0.3) is 0 Å². The molecule has 2 N–H and O–H groups in total. The first-order valence-electron chi connectivity index (χ1n) is 10.8. The average Bonchev–Trinajstić information content (AvgIpc) is 2.81. The maximum absolute atomic E-state index is 12.3. The largest absolute Gasteiger partial charge is 0.490 e. The number of benzene rings is 2. The lowest BCUT2D eigenvalue weighted by atomic mass is 10.1. The van der Waals surface area contributed by atoms with Gasteiger partial charge in [0.05, 0.1) is 25.5 Å². The van der Waals surface area contributed by atoms with E-state index in [-0.39, 0.29) is 12.1 Å². The molecule has 2 amide bonds. The first-order chi connectivity index (χ1) is 15.7. The molecule has 1 saturated heterocycles. The van der Waals surface area contributed by atoms with E-state index in [0.717, 1.165) is 30.9 Å². The van der Waals surface area contributed by atoms with Gasteiger partial charge in [0.25, 0.3) is 0 Å². The Morgan fingerprint density at radius 1 is 1.06 bits per heavy atom. The van der Waals surface area contributed by atoms with Crippen LogP contribution in [0.2, 0.25) is 0 Å². The summed E-state index contributed by atoms with van der Waals surface area (Å²) in [5.41, 5.74) is 0.706. The van der Waals surface area contributed by atoms with Crippen molar-refractivity contribution < 1.29 is 14.3 Å². The van der Waals surface area contributed by atoms with Crippen LogP contribution in [0.4, 0.5) is 22.1 Å². The van der Waals surface area contributed by atoms with Crippen LogP contribution in [0, 0.1) is 0 Å². The molecule has 1 aliphatic rings. The minimum absolute atomic E-state index is 0.00477. The number of rotatable bonds is 7. The summed E-state index contributed by atoms with van der Waals surface area (Å²) in [6.45, 7) is 4.07. The second kappa shape index (κ2) is 10.5. The quantitative estimate of drug-likeness (QED) is 0.568. The molecular weight excluding hydrogens is 406 g/mol. The molecular formula is C24H27N5O3. The van der Waals surface area contributed by atoms with Gasteiger partial charge in [-0.1, -0.05) is 30.3 Å². The van der Waals surface area contributed by atoms with Gasteiger partial charge in [-0.05, 0) is 44.0 Å². The predicted molar refractivity (Wildman–Crippen MR) is 125 cm³/mol. The van der Waals surface area contributed by atoms with Gasteiger partial charge in [0.2, 0.25) is 0 Å². The molecule has 0 bridgehead atoms. The van der Waals surface area contributed by atoms with Gasteiger partial charge in [0, 0.05) is 12.2 Å². The van der Waals surface area contributed by atoms with E-state index in [9.17, 15) is 4.79 Å². The van der Waals surface area contributed by atoms with Crippen LogP contribution in [0.1, 0.15) is 19.8 Å². The van der Waals surface area contributed by atoms with Crippen molar-refractivity contribution in [1.82, 2.24) is 9.97 Å². The number of amides is 2. The SMILES string of the molecule is CCOc1ccccc1OC1CCCN(c2cncc(NC(=O)Nc3ccccc3)n2)C1. The highest BCUT2D eigenvalue weighted by molar-refractivity contribution is 5.99. The maximum Gasteiger partial charge on any atom is 0.324 e. The molecule has 4 rings (SSSR count). The van der Waals surface area contributed by atoms with Crippen LogP contribution in [-0.2, 0) is 0 Å². The summed E-state index contributed by atoms with van der Waals surface area (Å²) in [7, 11) is 0. The lowest BCUT2D eigenvalue weighted by molar-refractivity contribution is 0.170. The normalized spacial score (nSPS) is 15.7. The van der Waals surface area contributed by atoms with Gasteiger partial charge in [-0.2, -0.15) is 0 Å². The maximum atomic E-state index is 12.3. The molecule has 166 valence electrons. The predicted octanol–water partition coefficient (Wildman–Crippen LogP) is 4.57. The van der Waals surface area contributed by atoms with E-state index < -0.39 is 0 Å². The Balaban J connectivity index is 1.39. The van der Waals surface area contributed by atoms with Gasteiger partial charge in [0.1, 0.15) is 11.9 Å². The molecule has 8 heteroatoms. The summed E-state index contributed by atoms with van der Waals surface area (Å²) >= 11 is 0. The fraction of sp³-hybridized carbons (Fsp3) is 0.292. The number of carbonyl (C=O) groups is 1. The summed E-state index contributed by atoms with van der Waals surface area (Å²) in [5, 5.41) is 5.52. The average molecular weight is 434 g/mol. The van der Waals surface area contributed by atoms with Crippen LogP contribution in [-0.4, -0.2) is 41.8 Å². The number of piperidine rings is 1. The topological polar surface area (TPSA) is 88.6 Å². The van der Waals surface area contributed by atoms with Crippen molar-refractivity contribution in [2.24, 2.45) is 0 Å². The van der Waals surface area contributed by atoms with Crippen molar-refractivity contribution in [2.45, 2.75) is 25.9 Å². The van der Waals surface area contributed by atoms with Crippen molar-refractivity contribution in [3.8, 4) is 11.5 Å². The Bertz CT molecular complexity index is 1030. The number of urea groups is 1. The smallest absolute Gasteiger partial charge is 0.324 e. The summed E-state index contributed by atoms with van der Waals surface area (Å²) in [4.78, 5) is 23.2. The molecule has 1 aromatic heterocycles. The number of hydrogen-bond acceptors (Lipinski definition) is 6. The second-order valence-electron chi connectivity index (χ2n) is 7.42. The van der Waals surface area contributed by atoms with Crippen molar-refractivity contribution in [1.29, 1.82) is 0 Å². The molecule has 1 atom stereocenters. The standard InChI is InChI=1S/C24H27N5O3/c1-2-31-20-12-6-7-13-21(20)32-19-11-8-14-29(17-19)23-16-25-15-22(27-23)28-24(30)26-18-9-4-3-5-10-18/h3-7,9-10,12-13,15-16,19H,2,8,11,14,17H2,1H3,(H2,26,27,28,30). The van der Waals surface area contributed by atoms with Crippen LogP contribution in [0.15, 0.2) is 67.0 Å². The van der Waals surface area contributed by atoms with Gasteiger partial charge in [-0.3, -0.25) is 10.3 Å². The molecule has 1 aliphatic heterocycles. The third kappa shape index (κ3) is 5.66. The molecule has 0 radical (unpaired) electrons. The fourth-order valence-corrected chi connectivity index (χ4v) is 3.61. The number of para-hydroxylation sites is 3. The summed E-state index contributed by atoms with van der Waals surface area (Å²) in [6.07, 6.45) is 5.16. The Kier molecular flexibility index (Phi) is 7.01. The molecule has 1 unspecified atom stereocenters. The molecule has 1 fully saturated rings. The monoisotopic (exact) mass is 433 g/mol. The molecule has 0 saturated carbocycles. The van der Waals surface area contributed by atoms with Gasteiger partial charge in [-0.15, -0.1) is 0 Å². The van der Waals surface area contributed by atoms with Gasteiger partial charge in [-0.25, -0.2) is 9.78 Å². The van der Waals surface area contributed by atoms with E-state index in [1.54, 1.807) is 6.20 Å². The Morgan fingerprint density at radius 3 is 2.66 bits per heavy atom. The second-order valence-corrected chi connectivity index (χ2v) is 7.42. The molecule has 32 heavy (non-hydrogen) atoms. The highest BCUT2D eigenvalue weighted by Crippen LogP contribution is 2.30. The van der Waals surface area contributed by atoms with Crippen molar-refractivity contribution >= 4 is 23.4 Å². The first kappa shape index (κ1) is 21.4. The van der Waals surface area contributed by atoms with E-state index in [1.165, 1.54) is 6.20 Å². The Morgan fingerprint density at radius 2 is 1.84 bits per heavy atom. The molecule has 2 heterocycles. The Labute approximate surface area is 187 Å². The zero-order chi connectivity index (χ0) is 22.2. The van der Waals surface area contributed by atoms with E-state index >= 15 is 0 Å². The van der Waals surface area contributed by atoms with E-state index in [2.05, 4.69) is 25.5 Å². The summed E-state index contributed by atoms with van der Waals surface area (Å²) < 4.78 is 11.9. The van der Waals surface area contributed by atoms with Gasteiger partial charge >= 0.3 is 6.03 Å². The number of nitrogens with zero attached hydrogens (tertiary/aromatic N) is 3. The van der Waals surface area contributed by atoms with Crippen molar-refractivity contribution in [2.75, 3.05) is 35.2 Å². The highest BCUT2D eigenvalue weighted by atomic mass is 16.5. The van der Waals surface area contributed by atoms with Crippen LogP contribution in [0.5, 0.6) is 11.5 Å². The van der Waals surface area contributed by atoms with E-state index in [4.69, 9.17) is 9.47 Å². The van der Waals surface area contributed by atoms with E-state index in [0.29, 0.717) is 30.5 Å². The van der Waals surface area contributed by atoms with E-state index in [1.807, 2.05) is 61.5 Å². The van der Waals surface area contributed by atoms with Gasteiger partial charge in [0.15, 0.2) is 17.3 Å². The van der Waals surface area contributed by atoms with Crippen molar-refractivity contribution in [3.05, 3.63) is 67.0 Å². The zero-order valence-electron chi connectivity index (χ0n) is 18.0. The summed E-state index contributed by atoms with van der Waals surface area (Å²) in [6, 6.07) is 16.6. The number of nitrogens with one attached hydrogen (secondary N) is 2. The summed E-state index contributed by atoms with van der Waals surface area (Å²) in [5.74, 6) is 2.59. The number of carbonyl (C=O) groups excluding carboxylic acids is 1. The third-order valence-electron chi connectivity index (χ3n) is 5.04. The minimum Gasteiger partial charge on any atom is -0.490 e. The molecule has 3 aromatic rings. The number of hydrogen-bond donors (Lipinski definition) is 2. The third-order valence-corrected chi connectivity index (χ3v) is 5.04. The van der Waals surface area contributed by atoms with Crippen LogP contribution < -0.4 is 25.0 Å². The lowest BCUT2D eigenvalue weighted by Gasteiger charge is -2.33. The first-order valence-corrected chi connectivity index (χ1v) is 10.8. The molecule has 2 aromatic carbocycles. The molecule has 0 aliphatic carbocycles. The number of ether oxygens (including phenoxy) is 2. The highest BCUT2D eigenvalue weighted by Gasteiger charge is 2.24. The fourth-order valence-electron chi connectivity index (χ4n) is 3.61. The van der Waals surface area contributed by atoms with Crippen LogP contribution in [0.3, 0.4) is 0 Å². The van der Waals surface area contributed by atoms with Crippen LogP contribution >= 0.6 is 0 Å². The number of anilines is 3. The van der Waals surface area contributed by atoms with Gasteiger partial charge < -0.3 is 19.7 Å². The minimum atomic E-state index is -0.366. The Hall–Kier alpha value is -3.81.